The van der Waals surface area contributed by atoms with Crippen LogP contribution in [0.2, 0.25) is 0 Å². The smallest absolute Gasteiger partial charge is 0.0972 e. The van der Waals surface area contributed by atoms with Gasteiger partial charge in [-0.3, -0.25) is 9.80 Å². The highest BCUT2D eigenvalue weighted by atomic mass is 15.4. The summed E-state index contributed by atoms with van der Waals surface area (Å²) in [5, 5.41) is 3.60. The highest BCUT2D eigenvalue weighted by Gasteiger charge is 2.29. The second-order valence-corrected chi connectivity index (χ2v) is 6.16. The van der Waals surface area contributed by atoms with E-state index in [1.54, 1.807) is 0 Å². The molecule has 0 saturated carbocycles. The summed E-state index contributed by atoms with van der Waals surface area (Å²) in [5.74, 6) is 0. The zero-order valence-corrected chi connectivity index (χ0v) is 12.9. The summed E-state index contributed by atoms with van der Waals surface area (Å²) in [6.07, 6.45) is 4.15. The molecule has 0 aromatic carbocycles. The van der Waals surface area contributed by atoms with E-state index in [-0.39, 0.29) is 0 Å². The van der Waals surface area contributed by atoms with Crippen LogP contribution in [0.15, 0.2) is 25.3 Å². The first-order valence-electron chi connectivity index (χ1n) is 8.00. The molecule has 2 aliphatic rings. The minimum absolute atomic E-state index is 1.01. The first-order chi connectivity index (χ1) is 9.78. The molecule has 114 valence electrons. The average Bonchev–Trinajstić information content (AvgIpc) is 2.58. The highest BCUT2D eigenvalue weighted by molar-refractivity contribution is 4.77. The van der Waals surface area contributed by atoms with Crippen molar-refractivity contribution in [3.8, 4) is 0 Å². The summed E-state index contributed by atoms with van der Waals surface area (Å²) in [6, 6.07) is 0. The van der Waals surface area contributed by atoms with Gasteiger partial charge in [0.2, 0.25) is 0 Å². The summed E-state index contributed by atoms with van der Waals surface area (Å²) in [4.78, 5) is 5.17. The minimum Gasteiger partial charge on any atom is -0.317 e. The van der Waals surface area contributed by atoms with Gasteiger partial charge in [-0.05, 0) is 6.08 Å². The molecule has 1 N–H and O–H groups in total. The number of nitrogens with one attached hydrogen (secondary N) is 1. The van der Waals surface area contributed by atoms with Crippen LogP contribution < -0.4 is 5.32 Å². The van der Waals surface area contributed by atoms with E-state index in [0.29, 0.717) is 0 Å². The Morgan fingerprint density at radius 1 is 0.900 bits per heavy atom. The van der Waals surface area contributed by atoms with Crippen molar-refractivity contribution in [2.45, 2.75) is 0 Å². The number of hydrogen-bond donors (Lipinski definition) is 1. The zero-order valence-electron chi connectivity index (χ0n) is 12.9. The molecule has 0 radical (unpaired) electrons. The maximum absolute atomic E-state index is 4.00. The Balaban J connectivity index is 2.13. The summed E-state index contributed by atoms with van der Waals surface area (Å²) in [7, 11) is 0. The lowest BCUT2D eigenvalue weighted by Gasteiger charge is -2.39. The van der Waals surface area contributed by atoms with Gasteiger partial charge in [0.1, 0.15) is 0 Å². The molecule has 2 bridgehead atoms. The molecule has 0 aromatic heterocycles. The third kappa shape index (κ3) is 4.42. The highest BCUT2D eigenvalue weighted by Crippen LogP contribution is 2.11. The second-order valence-electron chi connectivity index (χ2n) is 6.16. The number of hydrogen-bond acceptors (Lipinski definition) is 3. The van der Waals surface area contributed by atoms with Crippen molar-refractivity contribution in [1.82, 2.24) is 15.1 Å². The quantitative estimate of drug-likeness (QED) is 0.593. The fraction of sp³-hybridized carbons (Fsp3) is 0.750. The molecule has 20 heavy (non-hydrogen) atoms. The largest absolute Gasteiger partial charge is 0.317 e. The SMILES string of the molecule is C=CCN1CCN2CCNCC[N+](CC=C)(CC1)CC2. The summed E-state index contributed by atoms with van der Waals surface area (Å²) < 4.78 is 1.18. The van der Waals surface area contributed by atoms with Gasteiger partial charge in [0.15, 0.2) is 0 Å². The van der Waals surface area contributed by atoms with Gasteiger partial charge < -0.3 is 9.80 Å². The number of quaternary nitrogens is 1. The van der Waals surface area contributed by atoms with Gasteiger partial charge in [-0.1, -0.05) is 12.7 Å². The van der Waals surface area contributed by atoms with E-state index in [9.17, 15) is 0 Å². The minimum atomic E-state index is 1.01. The van der Waals surface area contributed by atoms with Crippen molar-refractivity contribution in [2.24, 2.45) is 0 Å². The van der Waals surface area contributed by atoms with E-state index in [2.05, 4.69) is 34.4 Å². The van der Waals surface area contributed by atoms with E-state index in [1.165, 1.54) is 56.8 Å². The van der Waals surface area contributed by atoms with Crippen molar-refractivity contribution in [3.63, 3.8) is 0 Å². The molecular weight excluding hydrogens is 248 g/mol. The molecule has 2 atom stereocenters. The van der Waals surface area contributed by atoms with Crippen LogP contribution in [0.3, 0.4) is 0 Å². The molecule has 2 unspecified atom stereocenters. The van der Waals surface area contributed by atoms with Crippen molar-refractivity contribution in [3.05, 3.63) is 25.3 Å². The monoisotopic (exact) mass is 279 g/mol. The molecular formula is C16H31N4+. The van der Waals surface area contributed by atoms with Crippen LogP contribution in [-0.2, 0) is 0 Å². The summed E-state index contributed by atoms with van der Waals surface area (Å²) >= 11 is 0. The van der Waals surface area contributed by atoms with Crippen LogP contribution in [0.4, 0.5) is 0 Å². The molecule has 0 aromatic rings. The average molecular weight is 279 g/mol. The number of rotatable bonds is 4. The molecule has 2 rings (SSSR count). The molecule has 2 heterocycles. The van der Waals surface area contributed by atoms with E-state index in [0.717, 1.165) is 26.2 Å². The number of fused-ring (bicyclic) bond motifs is 3. The Morgan fingerprint density at radius 3 is 2.55 bits per heavy atom. The van der Waals surface area contributed by atoms with Crippen molar-refractivity contribution in [2.75, 3.05) is 78.5 Å². The normalized spacial score (nSPS) is 33.1. The van der Waals surface area contributed by atoms with Crippen LogP contribution in [0, 0.1) is 0 Å². The Kier molecular flexibility index (Phi) is 6.23. The van der Waals surface area contributed by atoms with Gasteiger partial charge >= 0.3 is 0 Å². The van der Waals surface area contributed by atoms with Crippen LogP contribution >= 0.6 is 0 Å². The van der Waals surface area contributed by atoms with Gasteiger partial charge in [-0.15, -0.1) is 6.58 Å². The predicted molar refractivity (Wildman–Crippen MR) is 85.9 cm³/mol. The fourth-order valence-electron chi connectivity index (χ4n) is 3.36. The third-order valence-electron chi connectivity index (χ3n) is 4.79. The Labute approximate surface area is 124 Å². The maximum Gasteiger partial charge on any atom is 0.0972 e. The summed E-state index contributed by atoms with van der Waals surface area (Å²) in [6.45, 7) is 21.9. The molecule has 0 spiro atoms. The van der Waals surface area contributed by atoms with Crippen LogP contribution in [0.25, 0.3) is 0 Å². The van der Waals surface area contributed by atoms with E-state index < -0.39 is 0 Å². The van der Waals surface area contributed by atoms with Crippen molar-refractivity contribution < 1.29 is 4.48 Å². The maximum atomic E-state index is 4.00. The molecule has 4 heteroatoms. The first-order valence-corrected chi connectivity index (χ1v) is 8.00. The van der Waals surface area contributed by atoms with Crippen LogP contribution in [-0.4, -0.2) is 92.8 Å². The molecule has 2 saturated heterocycles. The lowest BCUT2D eigenvalue weighted by Crippen LogP contribution is -2.55. The second kappa shape index (κ2) is 7.93. The van der Waals surface area contributed by atoms with Crippen molar-refractivity contribution in [1.29, 1.82) is 0 Å². The van der Waals surface area contributed by atoms with Crippen LogP contribution in [0.5, 0.6) is 0 Å². The third-order valence-corrected chi connectivity index (χ3v) is 4.79. The Morgan fingerprint density at radius 2 is 1.75 bits per heavy atom. The molecule has 0 aliphatic carbocycles. The molecule has 2 fully saturated rings. The molecule has 4 nitrogen and oxygen atoms in total. The van der Waals surface area contributed by atoms with E-state index in [4.69, 9.17) is 0 Å². The molecule has 2 aliphatic heterocycles. The van der Waals surface area contributed by atoms with Gasteiger partial charge in [0.25, 0.3) is 0 Å². The van der Waals surface area contributed by atoms with Gasteiger partial charge in [0.05, 0.1) is 26.2 Å². The Hall–Kier alpha value is -0.680. The number of nitrogens with zero attached hydrogens (tertiary/aromatic N) is 3. The first kappa shape index (κ1) is 15.7. The van der Waals surface area contributed by atoms with E-state index >= 15 is 0 Å². The van der Waals surface area contributed by atoms with Gasteiger partial charge in [0, 0.05) is 52.4 Å². The molecule has 0 amide bonds. The van der Waals surface area contributed by atoms with Crippen molar-refractivity contribution >= 4 is 0 Å². The predicted octanol–water partition coefficient (Wildman–Crippen LogP) is 0.396. The Bertz CT molecular complexity index is 318. The van der Waals surface area contributed by atoms with Gasteiger partial charge in [-0.2, -0.15) is 0 Å². The van der Waals surface area contributed by atoms with E-state index in [1.807, 2.05) is 6.08 Å². The lowest BCUT2D eigenvalue weighted by molar-refractivity contribution is -0.920. The van der Waals surface area contributed by atoms with Gasteiger partial charge in [-0.25, -0.2) is 0 Å². The fourth-order valence-corrected chi connectivity index (χ4v) is 3.36. The topological polar surface area (TPSA) is 18.5 Å². The standard InChI is InChI=1S/C16H31N4/c1-3-7-18-9-10-19-8-5-17-6-14-20(13-4-2,15-11-18)16-12-19/h3-4,17H,1-2,5-16H2/q+1. The lowest BCUT2D eigenvalue weighted by atomic mass is 10.2. The van der Waals surface area contributed by atoms with Crippen LogP contribution in [0.1, 0.15) is 0 Å². The summed E-state index contributed by atoms with van der Waals surface area (Å²) in [5.41, 5.74) is 0. The zero-order chi connectivity index (χ0) is 14.3.